The predicted octanol–water partition coefficient (Wildman–Crippen LogP) is 0.772. The number of sulfonamides is 1. The molecule has 1 aromatic rings. The molecule has 2 amide bonds. The van der Waals surface area contributed by atoms with Crippen LogP contribution in [0, 0.1) is 6.92 Å². The Labute approximate surface area is 168 Å². The largest absolute Gasteiger partial charge is 0.370 e. The maximum atomic E-state index is 11.9. The van der Waals surface area contributed by atoms with Crippen molar-refractivity contribution >= 4 is 27.5 Å². The van der Waals surface area contributed by atoms with Crippen LogP contribution in [0.25, 0.3) is 0 Å². The number of nitrogens with one attached hydrogen (secondary N) is 3. The van der Waals surface area contributed by atoms with E-state index in [1.165, 1.54) is 0 Å². The van der Waals surface area contributed by atoms with Gasteiger partial charge in [0.25, 0.3) is 0 Å². The van der Waals surface area contributed by atoms with E-state index in [4.69, 9.17) is 0 Å². The maximum absolute atomic E-state index is 11.9. The summed E-state index contributed by atoms with van der Waals surface area (Å²) < 4.78 is 26.0. The van der Waals surface area contributed by atoms with E-state index in [1.54, 1.807) is 13.8 Å². The Morgan fingerprint density at radius 3 is 2.43 bits per heavy atom. The first-order valence-corrected chi connectivity index (χ1v) is 11.1. The van der Waals surface area contributed by atoms with E-state index in [2.05, 4.69) is 20.3 Å². The first-order chi connectivity index (χ1) is 13.1. The molecule has 158 valence electrons. The molecular weight excluding hydrogens is 380 g/mol. The van der Waals surface area contributed by atoms with Crippen molar-refractivity contribution in [2.24, 2.45) is 0 Å². The highest BCUT2D eigenvalue weighted by Crippen LogP contribution is 2.18. The molecule has 8 nitrogen and oxygen atoms in total. The van der Waals surface area contributed by atoms with Crippen molar-refractivity contribution in [1.82, 2.24) is 15.4 Å². The highest BCUT2D eigenvalue weighted by molar-refractivity contribution is 7.89. The second-order valence-electron chi connectivity index (χ2n) is 6.83. The zero-order valence-electron chi connectivity index (χ0n) is 17.1. The minimum atomic E-state index is -3.68. The Bertz CT molecular complexity index is 750. The van der Waals surface area contributed by atoms with Crippen LogP contribution >= 0.6 is 0 Å². The van der Waals surface area contributed by atoms with E-state index < -0.39 is 15.9 Å². The highest BCUT2D eigenvalue weighted by Gasteiger charge is 2.15. The summed E-state index contributed by atoms with van der Waals surface area (Å²) in [6.45, 7) is 9.18. The van der Waals surface area contributed by atoms with Crippen molar-refractivity contribution in [3.05, 3.63) is 29.8 Å². The van der Waals surface area contributed by atoms with E-state index in [0.717, 1.165) is 17.8 Å². The van der Waals surface area contributed by atoms with Gasteiger partial charge < -0.3 is 15.5 Å². The third-order valence-electron chi connectivity index (χ3n) is 4.04. The molecule has 0 fully saturated rings. The number of aryl methyl sites for hydroxylation is 1. The van der Waals surface area contributed by atoms with E-state index in [-0.39, 0.29) is 30.7 Å². The summed E-state index contributed by atoms with van der Waals surface area (Å²) in [5.74, 6) is -1.10. The number of hydrogen-bond donors (Lipinski definition) is 3. The van der Waals surface area contributed by atoms with Gasteiger partial charge in [-0.3, -0.25) is 9.59 Å². The number of rotatable bonds is 12. The van der Waals surface area contributed by atoms with Gasteiger partial charge in [-0.25, -0.2) is 13.1 Å². The van der Waals surface area contributed by atoms with Crippen molar-refractivity contribution in [3.8, 4) is 0 Å². The number of likely N-dealkylation sites (N-methyl/N-ethyl adjacent to an activating group) is 1. The number of benzene rings is 1. The van der Waals surface area contributed by atoms with Crippen LogP contribution in [-0.4, -0.2) is 58.2 Å². The average Bonchev–Trinajstić information content (AvgIpc) is 2.62. The van der Waals surface area contributed by atoms with Crippen molar-refractivity contribution in [3.63, 3.8) is 0 Å². The second kappa shape index (κ2) is 11.7. The molecule has 1 aromatic carbocycles. The summed E-state index contributed by atoms with van der Waals surface area (Å²) in [4.78, 5) is 25.6. The monoisotopic (exact) mass is 412 g/mol. The number of carbonyl (C=O) groups is 2. The average molecular weight is 413 g/mol. The van der Waals surface area contributed by atoms with Gasteiger partial charge in [-0.1, -0.05) is 18.2 Å². The van der Waals surface area contributed by atoms with Gasteiger partial charge in [-0.15, -0.1) is 0 Å². The van der Waals surface area contributed by atoms with Crippen LogP contribution in [0.3, 0.4) is 0 Å². The molecule has 0 saturated carbocycles. The lowest BCUT2D eigenvalue weighted by Crippen LogP contribution is -2.41. The fraction of sp³-hybridized carbons (Fsp3) is 0.579. The lowest BCUT2D eigenvalue weighted by molar-refractivity contribution is -0.121. The first kappa shape index (κ1) is 23.9. The molecule has 0 bridgehead atoms. The first-order valence-electron chi connectivity index (χ1n) is 9.48. The summed E-state index contributed by atoms with van der Waals surface area (Å²) in [7, 11) is -3.68. The summed E-state index contributed by atoms with van der Waals surface area (Å²) in [5.41, 5.74) is 2.28. The molecule has 0 aliphatic heterocycles. The van der Waals surface area contributed by atoms with Crippen LogP contribution in [0.4, 0.5) is 5.69 Å². The number of nitrogens with zero attached hydrogens (tertiary/aromatic N) is 1. The molecular formula is C19H32N4O4S. The van der Waals surface area contributed by atoms with Gasteiger partial charge >= 0.3 is 0 Å². The molecule has 28 heavy (non-hydrogen) atoms. The Morgan fingerprint density at radius 1 is 1.14 bits per heavy atom. The van der Waals surface area contributed by atoms with Crippen molar-refractivity contribution in [2.45, 2.75) is 40.2 Å². The molecule has 9 heteroatoms. The lowest BCUT2D eigenvalue weighted by Gasteiger charge is -2.25. The zero-order chi connectivity index (χ0) is 21.2. The standard InChI is InChI=1S/C19H32N4O4S/c1-5-23(17-9-7-6-8-16(17)4)12-11-20-18(24)10-13-28(26,27)21-14-19(25)22-15(2)3/h6-9,15,21H,5,10-14H2,1-4H3,(H,20,24)(H,22,25). The topological polar surface area (TPSA) is 108 Å². The predicted molar refractivity (Wildman–Crippen MR) is 112 cm³/mol. The third-order valence-corrected chi connectivity index (χ3v) is 5.37. The minimum Gasteiger partial charge on any atom is -0.370 e. The molecule has 0 radical (unpaired) electrons. The summed E-state index contributed by atoms with van der Waals surface area (Å²) in [6, 6.07) is 7.97. The third kappa shape index (κ3) is 9.18. The number of carbonyl (C=O) groups excluding carboxylic acids is 2. The van der Waals surface area contributed by atoms with Crippen LogP contribution in [0.15, 0.2) is 24.3 Å². The van der Waals surface area contributed by atoms with Gasteiger partial charge in [0.1, 0.15) is 0 Å². The van der Waals surface area contributed by atoms with Crippen LogP contribution < -0.4 is 20.3 Å². The molecule has 0 unspecified atom stereocenters. The number of amides is 2. The van der Waals surface area contributed by atoms with E-state index in [0.29, 0.717) is 13.1 Å². The SMILES string of the molecule is CCN(CCNC(=O)CCS(=O)(=O)NCC(=O)NC(C)C)c1ccccc1C. The molecule has 0 aromatic heterocycles. The maximum Gasteiger partial charge on any atom is 0.235 e. The normalized spacial score (nSPS) is 11.3. The van der Waals surface area contributed by atoms with Gasteiger partial charge in [-0.05, 0) is 39.3 Å². The van der Waals surface area contributed by atoms with Crippen LogP contribution in [0.2, 0.25) is 0 Å². The van der Waals surface area contributed by atoms with Crippen molar-refractivity contribution in [2.75, 3.05) is 36.8 Å². The quantitative estimate of drug-likeness (QED) is 0.470. The molecule has 0 aliphatic rings. The van der Waals surface area contributed by atoms with E-state index >= 15 is 0 Å². The van der Waals surface area contributed by atoms with E-state index in [9.17, 15) is 18.0 Å². The van der Waals surface area contributed by atoms with Crippen LogP contribution in [0.5, 0.6) is 0 Å². The summed E-state index contributed by atoms with van der Waals surface area (Å²) >= 11 is 0. The van der Waals surface area contributed by atoms with Gasteiger partial charge in [0.2, 0.25) is 21.8 Å². The summed E-state index contributed by atoms with van der Waals surface area (Å²) in [5, 5.41) is 5.34. The molecule has 0 aliphatic carbocycles. The molecule has 0 atom stereocenters. The van der Waals surface area contributed by atoms with Crippen LogP contribution in [0.1, 0.15) is 32.8 Å². The van der Waals surface area contributed by atoms with Gasteiger partial charge in [0.05, 0.1) is 12.3 Å². The van der Waals surface area contributed by atoms with Gasteiger partial charge in [-0.2, -0.15) is 0 Å². The van der Waals surface area contributed by atoms with Crippen molar-refractivity contribution in [1.29, 1.82) is 0 Å². The highest BCUT2D eigenvalue weighted by atomic mass is 32.2. The smallest absolute Gasteiger partial charge is 0.235 e. The van der Waals surface area contributed by atoms with Crippen molar-refractivity contribution < 1.29 is 18.0 Å². The molecule has 3 N–H and O–H groups in total. The molecule has 0 saturated heterocycles. The summed E-state index contributed by atoms with van der Waals surface area (Å²) in [6.07, 6.45) is -0.155. The molecule has 0 heterocycles. The fourth-order valence-corrected chi connectivity index (χ4v) is 3.58. The van der Waals surface area contributed by atoms with Gasteiger partial charge in [0.15, 0.2) is 0 Å². The number of anilines is 1. The minimum absolute atomic E-state index is 0.0647. The van der Waals surface area contributed by atoms with Gasteiger partial charge in [0, 0.05) is 37.8 Å². The Hall–Kier alpha value is -2.13. The number of para-hydroxylation sites is 1. The molecule has 0 spiro atoms. The van der Waals surface area contributed by atoms with Crippen LogP contribution in [-0.2, 0) is 19.6 Å². The van der Waals surface area contributed by atoms with E-state index in [1.807, 2.05) is 38.1 Å². The fourth-order valence-electron chi connectivity index (χ4n) is 2.63. The lowest BCUT2D eigenvalue weighted by atomic mass is 10.2. The number of hydrogen-bond acceptors (Lipinski definition) is 5. The zero-order valence-corrected chi connectivity index (χ0v) is 17.9. The Kier molecular flexibility index (Phi) is 9.95. The Morgan fingerprint density at radius 2 is 1.82 bits per heavy atom. The molecule has 1 rings (SSSR count). The second-order valence-corrected chi connectivity index (χ2v) is 8.75. The Balaban J connectivity index is 2.36.